The summed E-state index contributed by atoms with van der Waals surface area (Å²) in [6, 6.07) is -0.749. The number of amidine groups is 1. The maximum absolute atomic E-state index is 10.3. The van der Waals surface area contributed by atoms with E-state index in [2.05, 4.69) is 5.32 Å². The van der Waals surface area contributed by atoms with Gasteiger partial charge in [0.05, 0.1) is 5.84 Å². The van der Waals surface area contributed by atoms with Gasteiger partial charge in [-0.25, -0.2) is 0 Å². The molecule has 0 spiro atoms. The highest BCUT2D eigenvalue weighted by molar-refractivity contribution is 5.85. The molecular weight excluding hydrogens is 218 g/mol. The Kier molecular flexibility index (Phi) is 10.8. The van der Waals surface area contributed by atoms with Gasteiger partial charge in [-0.3, -0.25) is 10.2 Å². The molecule has 6 heteroatoms. The number of carbonyl (C=O) groups is 1. The second-order valence-corrected chi connectivity index (χ2v) is 3.20. The lowest BCUT2D eigenvalue weighted by atomic mass is 10.1. The molecule has 5 nitrogen and oxygen atoms in total. The molecule has 5 N–H and O–H groups in total. The monoisotopic (exact) mass is 237 g/mol. The van der Waals surface area contributed by atoms with Crippen molar-refractivity contribution < 1.29 is 9.90 Å². The van der Waals surface area contributed by atoms with Crippen LogP contribution in [0.25, 0.3) is 0 Å². The molecule has 0 saturated heterocycles. The summed E-state index contributed by atoms with van der Waals surface area (Å²) in [5.74, 6) is -0.424. The van der Waals surface area contributed by atoms with Gasteiger partial charge in [-0.05, 0) is 19.3 Å². The minimum Gasteiger partial charge on any atom is -0.480 e. The summed E-state index contributed by atoms with van der Waals surface area (Å²) in [6.45, 7) is 2.63. The largest absolute Gasteiger partial charge is 0.480 e. The number of carboxylic acids is 1. The Morgan fingerprint density at radius 2 is 2.13 bits per heavy atom. The quantitative estimate of drug-likeness (QED) is 0.301. The number of carboxylic acid groups (broad SMARTS) is 1. The van der Waals surface area contributed by atoms with E-state index in [1.165, 1.54) is 0 Å². The van der Waals surface area contributed by atoms with Gasteiger partial charge in [-0.2, -0.15) is 0 Å². The SMILES string of the molecule is CCC(=N)NCCCC[C@H](N)C(=O)O.Cl. The fourth-order valence-electron chi connectivity index (χ4n) is 0.977. The zero-order valence-electron chi connectivity index (χ0n) is 8.95. The second-order valence-electron chi connectivity index (χ2n) is 3.20. The molecule has 1 atom stereocenters. The van der Waals surface area contributed by atoms with E-state index in [0.29, 0.717) is 18.7 Å². The molecular formula is C9H20ClN3O2. The molecule has 0 amide bonds. The van der Waals surface area contributed by atoms with E-state index >= 15 is 0 Å². The van der Waals surface area contributed by atoms with E-state index in [1.807, 2.05) is 6.92 Å². The first kappa shape index (κ1) is 16.6. The van der Waals surface area contributed by atoms with Crippen LogP contribution in [-0.2, 0) is 4.79 Å². The Morgan fingerprint density at radius 1 is 1.53 bits per heavy atom. The average Bonchev–Trinajstić information content (AvgIpc) is 2.16. The van der Waals surface area contributed by atoms with Crippen LogP contribution < -0.4 is 11.1 Å². The van der Waals surface area contributed by atoms with Gasteiger partial charge in [-0.1, -0.05) is 6.92 Å². The van der Waals surface area contributed by atoms with Gasteiger partial charge in [0.2, 0.25) is 0 Å². The highest BCUT2D eigenvalue weighted by atomic mass is 35.5. The van der Waals surface area contributed by atoms with Gasteiger partial charge in [0.1, 0.15) is 6.04 Å². The Morgan fingerprint density at radius 3 is 2.60 bits per heavy atom. The van der Waals surface area contributed by atoms with Gasteiger partial charge in [-0.15, -0.1) is 12.4 Å². The number of halogens is 1. The third-order valence-electron chi connectivity index (χ3n) is 1.95. The number of rotatable bonds is 7. The topological polar surface area (TPSA) is 99.2 Å². The van der Waals surface area contributed by atoms with Crippen LogP contribution in [0.2, 0.25) is 0 Å². The lowest BCUT2D eigenvalue weighted by Gasteiger charge is -2.07. The number of nitrogens with one attached hydrogen (secondary N) is 2. The molecule has 0 aliphatic rings. The van der Waals surface area contributed by atoms with Crippen molar-refractivity contribution in [3.8, 4) is 0 Å². The van der Waals surface area contributed by atoms with Gasteiger partial charge in [0.15, 0.2) is 0 Å². The lowest BCUT2D eigenvalue weighted by molar-refractivity contribution is -0.138. The maximum Gasteiger partial charge on any atom is 0.320 e. The van der Waals surface area contributed by atoms with E-state index in [1.54, 1.807) is 0 Å². The maximum atomic E-state index is 10.3. The summed E-state index contributed by atoms with van der Waals surface area (Å²) in [4.78, 5) is 10.3. The van der Waals surface area contributed by atoms with Gasteiger partial charge in [0, 0.05) is 13.0 Å². The first-order valence-corrected chi connectivity index (χ1v) is 4.87. The summed E-state index contributed by atoms with van der Waals surface area (Å²) in [5, 5.41) is 18.7. The molecule has 0 fully saturated rings. The van der Waals surface area contributed by atoms with Crippen molar-refractivity contribution in [1.29, 1.82) is 5.41 Å². The predicted molar refractivity (Wildman–Crippen MR) is 62.7 cm³/mol. The molecule has 0 bridgehead atoms. The predicted octanol–water partition coefficient (Wildman–Crippen LogP) is 0.967. The van der Waals surface area contributed by atoms with E-state index in [4.69, 9.17) is 16.2 Å². The molecule has 0 aromatic carbocycles. The zero-order chi connectivity index (χ0) is 11.0. The van der Waals surface area contributed by atoms with Crippen LogP contribution >= 0.6 is 12.4 Å². The fraction of sp³-hybridized carbons (Fsp3) is 0.778. The smallest absolute Gasteiger partial charge is 0.320 e. The average molecular weight is 238 g/mol. The van der Waals surface area contributed by atoms with Crippen LogP contribution in [0.4, 0.5) is 0 Å². The van der Waals surface area contributed by atoms with Gasteiger partial charge >= 0.3 is 5.97 Å². The normalized spacial score (nSPS) is 11.3. The van der Waals surface area contributed by atoms with Gasteiger partial charge in [0.25, 0.3) is 0 Å². The summed E-state index contributed by atoms with van der Waals surface area (Å²) < 4.78 is 0. The van der Waals surface area contributed by atoms with Crippen molar-refractivity contribution in [3.05, 3.63) is 0 Å². The van der Waals surface area contributed by atoms with Crippen LogP contribution in [0.1, 0.15) is 32.6 Å². The van der Waals surface area contributed by atoms with Crippen LogP contribution in [0.5, 0.6) is 0 Å². The third kappa shape index (κ3) is 9.49. The number of unbranched alkanes of at least 4 members (excludes halogenated alkanes) is 1. The Labute approximate surface area is 96.3 Å². The molecule has 15 heavy (non-hydrogen) atoms. The standard InChI is InChI=1S/C9H19N3O2.ClH/c1-2-8(11)12-6-4-3-5-7(10)9(13)14;/h7H,2-6,10H2,1H3,(H2,11,12)(H,13,14);1H/t7-;/m0./s1. The molecule has 0 aromatic heterocycles. The summed E-state index contributed by atoms with van der Waals surface area (Å²) in [7, 11) is 0. The minimum absolute atomic E-state index is 0. The van der Waals surface area contributed by atoms with Crippen molar-refractivity contribution in [3.63, 3.8) is 0 Å². The van der Waals surface area contributed by atoms with E-state index in [0.717, 1.165) is 19.4 Å². The van der Waals surface area contributed by atoms with Crippen molar-refractivity contribution >= 4 is 24.2 Å². The van der Waals surface area contributed by atoms with Crippen LogP contribution in [0.3, 0.4) is 0 Å². The molecule has 0 aromatic rings. The first-order valence-electron chi connectivity index (χ1n) is 4.87. The van der Waals surface area contributed by atoms with Crippen molar-refractivity contribution in [2.24, 2.45) is 5.73 Å². The lowest BCUT2D eigenvalue weighted by Crippen LogP contribution is -2.30. The fourth-order valence-corrected chi connectivity index (χ4v) is 0.977. The number of aliphatic carboxylic acids is 1. The Bertz CT molecular complexity index is 200. The van der Waals surface area contributed by atoms with Crippen LogP contribution in [0, 0.1) is 5.41 Å². The highest BCUT2D eigenvalue weighted by Crippen LogP contribution is 1.98. The van der Waals surface area contributed by atoms with E-state index in [-0.39, 0.29) is 12.4 Å². The number of hydrogen-bond donors (Lipinski definition) is 4. The molecule has 0 aliphatic heterocycles. The molecule has 90 valence electrons. The molecule has 0 unspecified atom stereocenters. The summed E-state index contributed by atoms with van der Waals surface area (Å²) in [5.41, 5.74) is 5.32. The summed E-state index contributed by atoms with van der Waals surface area (Å²) >= 11 is 0. The first-order chi connectivity index (χ1) is 6.57. The van der Waals surface area contributed by atoms with Crippen LogP contribution in [-0.4, -0.2) is 29.5 Å². The molecule has 0 rings (SSSR count). The van der Waals surface area contributed by atoms with Crippen molar-refractivity contribution in [2.75, 3.05) is 6.54 Å². The van der Waals surface area contributed by atoms with Crippen molar-refractivity contribution in [1.82, 2.24) is 5.32 Å². The van der Waals surface area contributed by atoms with Crippen molar-refractivity contribution in [2.45, 2.75) is 38.6 Å². The van der Waals surface area contributed by atoms with E-state index < -0.39 is 12.0 Å². The zero-order valence-corrected chi connectivity index (χ0v) is 9.77. The highest BCUT2D eigenvalue weighted by Gasteiger charge is 2.09. The summed E-state index contributed by atoms with van der Waals surface area (Å²) in [6.07, 6.45) is 2.83. The van der Waals surface area contributed by atoms with Crippen LogP contribution in [0.15, 0.2) is 0 Å². The second kappa shape index (κ2) is 9.73. The molecule has 0 heterocycles. The Balaban J connectivity index is 0. The number of nitrogens with two attached hydrogens (primary N) is 1. The van der Waals surface area contributed by atoms with Gasteiger partial charge < -0.3 is 16.2 Å². The van der Waals surface area contributed by atoms with E-state index in [9.17, 15) is 4.79 Å². The molecule has 0 radical (unpaired) electrons. The minimum atomic E-state index is -0.945. The Hall–Kier alpha value is -0.810. The third-order valence-corrected chi connectivity index (χ3v) is 1.95. The number of hydrogen-bond acceptors (Lipinski definition) is 3. The molecule has 0 saturated carbocycles. The molecule has 0 aliphatic carbocycles.